The van der Waals surface area contributed by atoms with Crippen molar-refractivity contribution in [3.8, 4) is 22.9 Å². The Kier molecular flexibility index (Phi) is 7.83. The summed E-state index contributed by atoms with van der Waals surface area (Å²) in [5, 5.41) is 7.05. The van der Waals surface area contributed by atoms with Gasteiger partial charge in [0.2, 0.25) is 11.8 Å². The molecule has 1 amide bonds. The van der Waals surface area contributed by atoms with Gasteiger partial charge in [0.15, 0.2) is 0 Å². The molecule has 0 radical (unpaired) electrons. The topological polar surface area (TPSA) is 128 Å². The molecule has 0 atom stereocenters. The second-order valence-corrected chi connectivity index (χ2v) is 11.8. The number of aryl methyl sites for hydroxylation is 3. The van der Waals surface area contributed by atoms with E-state index in [1.165, 1.54) is 23.5 Å². The number of amides is 1. The van der Waals surface area contributed by atoms with E-state index in [4.69, 9.17) is 4.74 Å². The zero-order chi connectivity index (χ0) is 28.3. The number of nitrogens with zero attached hydrogens (tertiary/aromatic N) is 4. The zero-order valence-electron chi connectivity index (χ0n) is 22.7. The summed E-state index contributed by atoms with van der Waals surface area (Å²) in [6, 6.07) is 14.5. The number of carbonyl (C=O) groups excluding carboxylic acids is 1. The first kappa shape index (κ1) is 27.3. The van der Waals surface area contributed by atoms with Gasteiger partial charge in [-0.15, -0.1) is 0 Å². The van der Waals surface area contributed by atoms with Crippen molar-refractivity contribution >= 4 is 21.9 Å². The van der Waals surface area contributed by atoms with Crippen molar-refractivity contribution in [2.45, 2.75) is 56.9 Å². The summed E-state index contributed by atoms with van der Waals surface area (Å²) in [5.41, 5.74) is 3.85. The molecular weight excluding hydrogens is 528 g/mol. The first-order valence-corrected chi connectivity index (χ1v) is 14.7. The van der Waals surface area contributed by atoms with Crippen LogP contribution in [0.2, 0.25) is 0 Å². The fraction of sp³-hybridized carbons (Fsp3) is 0.310. The Hall–Kier alpha value is -4.25. The maximum Gasteiger partial charge on any atom is 0.267 e. The average Bonchev–Trinajstić information content (AvgIpc) is 3.37. The predicted octanol–water partition coefficient (Wildman–Crippen LogP) is 5.15. The molecule has 2 N–H and O–H groups in total. The average molecular weight is 561 g/mol. The van der Waals surface area contributed by atoms with Crippen molar-refractivity contribution in [1.29, 1.82) is 0 Å². The van der Waals surface area contributed by atoms with Crippen LogP contribution in [0.5, 0.6) is 11.6 Å². The van der Waals surface area contributed by atoms with Crippen LogP contribution in [0.4, 0.5) is 5.95 Å². The minimum atomic E-state index is -3.99. The molecule has 0 aliphatic heterocycles. The van der Waals surface area contributed by atoms with E-state index in [1.54, 1.807) is 37.4 Å². The molecule has 11 heteroatoms. The number of hydrogen-bond acceptors (Lipinski definition) is 7. The standard InChI is InChI=1S/C29H32N6O4S/c1-19-8-7-9-20(2)27(19)25-16-26(33-29(32-25)34-40(37,38)24-17-30-35(3)18-24)39-23-14-12-21(13-15-23)28(36)31-22-10-5-4-6-11-22/h7-9,12-18,22H,4-6,10-11H2,1-3H3,(H,31,36)(H,32,33,34). The minimum absolute atomic E-state index is 0.0133. The molecule has 0 spiro atoms. The van der Waals surface area contributed by atoms with Gasteiger partial charge in [-0.25, -0.2) is 18.1 Å². The molecule has 5 rings (SSSR count). The van der Waals surface area contributed by atoms with E-state index < -0.39 is 10.0 Å². The highest BCUT2D eigenvalue weighted by Gasteiger charge is 2.21. The van der Waals surface area contributed by atoms with Crippen molar-refractivity contribution in [1.82, 2.24) is 25.1 Å². The molecular formula is C29H32N6O4S. The SMILES string of the molecule is Cc1cccc(C)c1-c1cc(Oc2ccc(C(=O)NC3CCCCC3)cc2)nc(NS(=O)(=O)c2cnn(C)c2)n1. The smallest absolute Gasteiger partial charge is 0.267 e. The highest BCUT2D eigenvalue weighted by atomic mass is 32.2. The monoisotopic (exact) mass is 560 g/mol. The molecule has 1 fully saturated rings. The van der Waals surface area contributed by atoms with E-state index in [0.717, 1.165) is 42.4 Å². The summed E-state index contributed by atoms with van der Waals surface area (Å²) in [7, 11) is -2.35. The molecule has 2 aromatic heterocycles. The van der Waals surface area contributed by atoms with E-state index in [1.807, 2.05) is 32.0 Å². The fourth-order valence-electron chi connectivity index (χ4n) is 4.90. The summed E-state index contributed by atoms with van der Waals surface area (Å²) < 4.78 is 35.9. The van der Waals surface area contributed by atoms with Crippen LogP contribution in [-0.4, -0.2) is 40.1 Å². The van der Waals surface area contributed by atoms with Gasteiger partial charge >= 0.3 is 0 Å². The first-order valence-electron chi connectivity index (χ1n) is 13.2. The van der Waals surface area contributed by atoms with Crippen LogP contribution < -0.4 is 14.8 Å². The Morgan fingerprint density at radius 1 is 1.00 bits per heavy atom. The lowest BCUT2D eigenvalue weighted by Gasteiger charge is -2.22. The second kappa shape index (κ2) is 11.5. The lowest BCUT2D eigenvalue weighted by Crippen LogP contribution is -2.36. The maximum atomic E-state index is 13.0. The van der Waals surface area contributed by atoms with E-state index in [0.29, 0.717) is 17.0 Å². The zero-order valence-corrected chi connectivity index (χ0v) is 23.5. The molecule has 40 heavy (non-hydrogen) atoms. The molecule has 1 aliphatic rings. The number of benzene rings is 2. The summed E-state index contributed by atoms with van der Waals surface area (Å²) >= 11 is 0. The largest absolute Gasteiger partial charge is 0.439 e. The Balaban J connectivity index is 1.42. The Labute approximate surface area is 233 Å². The molecule has 2 heterocycles. The molecule has 10 nitrogen and oxygen atoms in total. The molecule has 0 unspecified atom stereocenters. The van der Waals surface area contributed by atoms with Gasteiger partial charge < -0.3 is 10.1 Å². The van der Waals surface area contributed by atoms with E-state index in [9.17, 15) is 13.2 Å². The number of anilines is 1. The number of rotatable bonds is 8. The lowest BCUT2D eigenvalue weighted by atomic mass is 9.95. The van der Waals surface area contributed by atoms with Gasteiger partial charge in [-0.3, -0.25) is 9.48 Å². The number of nitrogens with one attached hydrogen (secondary N) is 2. The maximum absolute atomic E-state index is 13.0. The summed E-state index contributed by atoms with van der Waals surface area (Å²) in [4.78, 5) is 21.5. The van der Waals surface area contributed by atoms with Gasteiger partial charge in [-0.05, 0) is 62.1 Å². The van der Waals surface area contributed by atoms with Crippen LogP contribution in [0.1, 0.15) is 53.6 Å². The van der Waals surface area contributed by atoms with Crippen LogP contribution in [0.25, 0.3) is 11.3 Å². The molecule has 4 aromatic rings. The van der Waals surface area contributed by atoms with Crippen molar-refractivity contribution in [3.05, 3.63) is 77.6 Å². The number of carbonyl (C=O) groups is 1. The van der Waals surface area contributed by atoms with E-state index >= 15 is 0 Å². The van der Waals surface area contributed by atoms with Gasteiger partial charge in [0.05, 0.1) is 11.9 Å². The van der Waals surface area contributed by atoms with Crippen LogP contribution in [0, 0.1) is 13.8 Å². The third kappa shape index (κ3) is 6.31. The predicted molar refractivity (Wildman–Crippen MR) is 152 cm³/mol. The highest BCUT2D eigenvalue weighted by molar-refractivity contribution is 7.92. The van der Waals surface area contributed by atoms with Crippen LogP contribution in [0.3, 0.4) is 0 Å². The summed E-state index contributed by atoms with van der Waals surface area (Å²) in [5.74, 6) is 0.352. The van der Waals surface area contributed by atoms with Gasteiger partial charge in [0, 0.05) is 36.5 Å². The van der Waals surface area contributed by atoms with Crippen molar-refractivity contribution in [2.24, 2.45) is 7.05 Å². The minimum Gasteiger partial charge on any atom is -0.439 e. The van der Waals surface area contributed by atoms with Gasteiger partial charge in [-0.2, -0.15) is 10.1 Å². The Bertz CT molecular complexity index is 1610. The first-order chi connectivity index (χ1) is 19.2. The summed E-state index contributed by atoms with van der Waals surface area (Å²) in [6.07, 6.45) is 8.16. The lowest BCUT2D eigenvalue weighted by molar-refractivity contribution is 0.0927. The quantitative estimate of drug-likeness (QED) is 0.305. The van der Waals surface area contributed by atoms with E-state index in [-0.39, 0.29) is 28.7 Å². The number of hydrogen-bond donors (Lipinski definition) is 2. The van der Waals surface area contributed by atoms with Gasteiger partial charge in [-0.1, -0.05) is 37.5 Å². The van der Waals surface area contributed by atoms with Crippen molar-refractivity contribution in [2.75, 3.05) is 4.72 Å². The third-order valence-electron chi connectivity index (χ3n) is 6.94. The molecule has 0 saturated heterocycles. The Morgan fingerprint density at radius 2 is 1.70 bits per heavy atom. The fourth-order valence-corrected chi connectivity index (χ4v) is 5.82. The van der Waals surface area contributed by atoms with Crippen molar-refractivity contribution in [3.63, 3.8) is 0 Å². The van der Waals surface area contributed by atoms with Gasteiger partial charge in [0.25, 0.3) is 15.9 Å². The van der Waals surface area contributed by atoms with E-state index in [2.05, 4.69) is 25.1 Å². The van der Waals surface area contributed by atoms with Gasteiger partial charge in [0.1, 0.15) is 10.6 Å². The second-order valence-electron chi connectivity index (χ2n) is 10.1. The van der Waals surface area contributed by atoms with Crippen LogP contribution in [-0.2, 0) is 17.1 Å². The molecule has 0 bridgehead atoms. The molecule has 2 aromatic carbocycles. The summed E-state index contributed by atoms with van der Waals surface area (Å²) in [6.45, 7) is 3.92. The molecule has 1 saturated carbocycles. The third-order valence-corrected chi connectivity index (χ3v) is 8.22. The number of sulfonamides is 1. The molecule has 208 valence electrons. The van der Waals surface area contributed by atoms with Crippen LogP contribution >= 0.6 is 0 Å². The van der Waals surface area contributed by atoms with Crippen molar-refractivity contribution < 1.29 is 17.9 Å². The highest BCUT2D eigenvalue weighted by Crippen LogP contribution is 2.31. The normalized spacial score (nSPS) is 14.1. The van der Waals surface area contributed by atoms with Crippen LogP contribution in [0.15, 0.2) is 65.8 Å². The number of aromatic nitrogens is 4. The molecule has 1 aliphatic carbocycles. The Morgan fingerprint density at radius 3 is 2.35 bits per heavy atom. The number of ether oxygens (including phenoxy) is 1.